The fourth-order valence-corrected chi connectivity index (χ4v) is 1.61. The van der Waals surface area contributed by atoms with Gasteiger partial charge >= 0.3 is 0 Å². The molecule has 0 fully saturated rings. The Morgan fingerprint density at radius 2 is 2.33 bits per heavy atom. The number of hydrogen-bond donors (Lipinski definition) is 1. The third kappa shape index (κ3) is 2.13. The highest BCUT2D eigenvalue weighted by molar-refractivity contribution is 6.18. The maximum Gasteiger partial charge on any atom is 0.144 e. The minimum absolute atomic E-state index is 0.103. The summed E-state index contributed by atoms with van der Waals surface area (Å²) in [5.74, 6) is 0.359. The highest BCUT2D eigenvalue weighted by Gasteiger charge is 2.21. The lowest BCUT2D eigenvalue weighted by molar-refractivity contribution is 0.0786. The van der Waals surface area contributed by atoms with E-state index in [-0.39, 0.29) is 11.7 Å². The van der Waals surface area contributed by atoms with E-state index in [9.17, 15) is 9.50 Å². The van der Waals surface area contributed by atoms with Crippen LogP contribution < -0.4 is 4.74 Å². The monoisotopic (exact) mass is 228 g/mol. The van der Waals surface area contributed by atoms with Gasteiger partial charge in [-0.3, -0.25) is 0 Å². The van der Waals surface area contributed by atoms with Gasteiger partial charge in [-0.05, 0) is 24.3 Å². The first kappa shape index (κ1) is 10.5. The second-order valence-corrected chi connectivity index (χ2v) is 3.65. The predicted molar refractivity (Wildman–Crippen MR) is 56.6 cm³/mol. The largest absolute Gasteiger partial charge is 0.483 e. The molecule has 15 heavy (non-hydrogen) atoms. The second kappa shape index (κ2) is 4.21. The molecule has 1 heterocycles. The summed E-state index contributed by atoms with van der Waals surface area (Å²) in [6.45, 7) is 0. The van der Waals surface area contributed by atoms with E-state index in [1.54, 1.807) is 18.2 Å². The van der Waals surface area contributed by atoms with Crippen molar-refractivity contribution < 1.29 is 14.2 Å². The number of ether oxygens (including phenoxy) is 1. The van der Waals surface area contributed by atoms with Gasteiger partial charge in [0.25, 0.3) is 0 Å². The zero-order valence-corrected chi connectivity index (χ0v) is 8.62. The molecular weight excluding hydrogens is 219 g/mol. The van der Waals surface area contributed by atoms with Gasteiger partial charge in [0.2, 0.25) is 0 Å². The minimum atomic E-state index is -0.749. The van der Waals surface area contributed by atoms with Gasteiger partial charge in [-0.15, -0.1) is 11.6 Å². The van der Waals surface area contributed by atoms with E-state index < -0.39 is 12.2 Å². The summed E-state index contributed by atoms with van der Waals surface area (Å²) in [6, 6.07) is 4.25. The number of alkyl halides is 1. The average molecular weight is 229 g/mol. The molecule has 0 aromatic heterocycles. The fraction of sp³-hybridized carbons (Fsp3) is 0.273. The Balaban J connectivity index is 2.24. The summed E-state index contributed by atoms with van der Waals surface area (Å²) in [6.07, 6.45) is 2.19. The minimum Gasteiger partial charge on any atom is -0.483 e. The van der Waals surface area contributed by atoms with Crippen molar-refractivity contribution in [1.82, 2.24) is 0 Å². The van der Waals surface area contributed by atoms with Gasteiger partial charge in [-0.25, -0.2) is 4.39 Å². The second-order valence-electron chi connectivity index (χ2n) is 3.35. The van der Waals surface area contributed by atoms with Gasteiger partial charge in [0.05, 0.1) is 5.88 Å². The normalized spacial score (nSPS) is 20.6. The van der Waals surface area contributed by atoms with E-state index in [0.29, 0.717) is 11.3 Å². The maximum absolute atomic E-state index is 12.9. The third-order valence-electron chi connectivity index (χ3n) is 2.24. The maximum atomic E-state index is 12.9. The van der Waals surface area contributed by atoms with Gasteiger partial charge in [-0.1, -0.05) is 6.08 Å². The van der Waals surface area contributed by atoms with Crippen molar-refractivity contribution in [3.63, 3.8) is 0 Å². The van der Waals surface area contributed by atoms with Crippen LogP contribution in [0.3, 0.4) is 0 Å². The van der Waals surface area contributed by atoms with Gasteiger partial charge < -0.3 is 9.84 Å². The van der Waals surface area contributed by atoms with Crippen LogP contribution >= 0.6 is 11.6 Å². The summed E-state index contributed by atoms with van der Waals surface area (Å²) in [5.41, 5.74) is 0.674. The zero-order valence-electron chi connectivity index (χ0n) is 7.86. The van der Waals surface area contributed by atoms with Crippen molar-refractivity contribution in [3.05, 3.63) is 35.7 Å². The lowest BCUT2D eigenvalue weighted by Gasteiger charge is -2.24. The lowest BCUT2D eigenvalue weighted by atomic mass is 10.1. The van der Waals surface area contributed by atoms with Crippen LogP contribution in [0, 0.1) is 5.82 Å². The van der Waals surface area contributed by atoms with Gasteiger partial charge in [-0.2, -0.15) is 0 Å². The number of halogens is 2. The number of fused-ring (bicyclic) bond motifs is 1. The number of aliphatic hydroxyl groups is 1. The first-order valence-corrected chi connectivity index (χ1v) is 5.12. The molecule has 2 unspecified atom stereocenters. The lowest BCUT2D eigenvalue weighted by Crippen LogP contribution is -2.32. The van der Waals surface area contributed by atoms with E-state index in [4.69, 9.17) is 16.3 Å². The van der Waals surface area contributed by atoms with E-state index in [1.165, 1.54) is 12.1 Å². The molecule has 0 saturated heterocycles. The SMILES string of the molecule is OC(CCl)C1C=Cc2cc(F)ccc2O1. The molecule has 2 rings (SSSR count). The smallest absolute Gasteiger partial charge is 0.144 e. The van der Waals surface area contributed by atoms with Crippen molar-refractivity contribution in [2.24, 2.45) is 0 Å². The molecule has 0 spiro atoms. The summed E-state index contributed by atoms with van der Waals surface area (Å²) >= 11 is 5.51. The van der Waals surface area contributed by atoms with Crippen LogP contribution in [0.15, 0.2) is 24.3 Å². The van der Waals surface area contributed by atoms with E-state index in [0.717, 1.165) is 0 Å². The molecule has 4 heteroatoms. The molecule has 1 aromatic carbocycles. The summed E-state index contributed by atoms with van der Waals surface area (Å²) in [5, 5.41) is 9.48. The van der Waals surface area contributed by atoms with Crippen LogP contribution in [0.25, 0.3) is 6.08 Å². The van der Waals surface area contributed by atoms with E-state index >= 15 is 0 Å². The Kier molecular flexibility index (Phi) is 2.93. The van der Waals surface area contributed by atoms with Crippen LogP contribution in [0.2, 0.25) is 0 Å². The Bertz CT molecular complexity index is 392. The van der Waals surface area contributed by atoms with E-state index in [2.05, 4.69) is 0 Å². The molecule has 0 bridgehead atoms. The van der Waals surface area contributed by atoms with Crippen molar-refractivity contribution >= 4 is 17.7 Å². The van der Waals surface area contributed by atoms with Gasteiger partial charge in [0.15, 0.2) is 0 Å². The van der Waals surface area contributed by atoms with Crippen molar-refractivity contribution in [2.45, 2.75) is 12.2 Å². The highest BCUT2D eigenvalue weighted by atomic mass is 35.5. The van der Waals surface area contributed by atoms with Gasteiger partial charge in [0.1, 0.15) is 23.8 Å². The van der Waals surface area contributed by atoms with Crippen molar-refractivity contribution in [1.29, 1.82) is 0 Å². The Labute approximate surface area is 91.9 Å². The van der Waals surface area contributed by atoms with Crippen molar-refractivity contribution in [2.75, 3.05) is 5.88 Å². The van der Waals surface area contributed by atoms with Crippen LogP contribution in [-0.2, 0) is 0 Å². The standard InChI is InChI=1S/C11H10ClFO2/c12-6-9(14)11-3-1-7-5-8(13)2-4-10(7)15-11/h1-5,9,11,14H,6H2. The molecule has 1 aromatic rings. The molecule has 1 aliphatic rings. The average Bonchev–Trinajstić information content (AvgIpc) is 2.27. The molecule has 0 aliphatic carbocycles. The molecule has 0 saturated carbocycles. The quantitative estimate of drug-likeness (QED) is 0.787. The highest BCUT2D eigenvalue weighted by Crippen LogP contribution is 2.27. The van der Waals surface area contributed by atoms with Crippen LogP contribution in [0.5, 0.6) is 5.75 Å². The summed E-state index contributed by atoms with van der Waals surface area (Å²) < 4.78 is 18.3. The number of rotatable bonds is 2. The van der Waals surface area contributed by atoms with E-state index in [1.807, 2.05) is 0 Å². The first-order chi connectivity index (χ1) is 7.20. The molecular formula is C11H10ClFO2. The molecule has 2 nitrogen and oxygen atoms in total. The Hall–Kier alpha value is -1.06. The predicted octanol–water partition coefficient (Wildman–Crippen LogP) is 2.20. The van der Waals surface area contributed by atoms with Gasteiger partial charge in [0, 0.05) is 5.56 Å². The zero-order chi connectivity index (χ0) is 10.8. The molecule has 0 radical (unpaired) electrons. The van der Waals surface area contributed by atoms with Crippen molar-refractivity contribution in [3.8, 4) is 5.75 Å². The topological polar surface area (TPSA) is 29.5 Å². The number of hydrogen-bond acceptors (Lipinski definition) is 2. The number of benzene rings is 1. The Morgan fingerprint density at radius 3 is 3.07 bits per heavy atom. The van der Waals surface area contributed by atoms with Crippen LogP contribution in [-0.4, -0.2) is 23.2 Å². The Morgan fingerprint density at radius 1 is 1.53 bits per heavy atom. The third-order valence-corrected chi connectivity index (χ3v) is 2.55. The molecule has 2 atom stereocenters. The summed E-state index contributed by atoms with van der Waals surface area (Å²) in [4.78, 5) is 0. The molecule has 1 aliphatic heterocycles. The fourth-order valence-electron chi connectivity index (χ4n) is 1.44. The first-order valence-electron chi connectivity index (χ1n) is 4.59. The molecule has 0 amide bonds. The van der Waals surface area contributed by atoms with Crippen LogP contribution in [0.1, 0.15) is 5.56 Å². The summed E-state index contributed by atoms with van der Waals surface area (Å²) in [7, 11) is 0. The molecule has 1 N–H and O–H groups in total. The number of aliphatic hydroxyl groups excluding tert-OH is 1. The molecule has 80 valence electrons. The van der Waals surface area contributed by atoms with Crippen LogP contribution in [0.4, 0.5) is 4.39 Å².